The number of carbonyl (C=O) groups excluding carboxylic acids is 1. The lowest BCUT2D eigenvalue weighted by Gasteiger charge is -2.14. The van der Waals surface area contributed by atoms with Crippen LogP contribution in [0.1, 0.15) is 70.5 Å². The highest BCUT2D eigenvalue weighted by Gasteiger charge is 2.24. The summed E-state index contributed by atoms with van der Waals surface area (Å²) >= 11 is 1.52. The molecular formula is C20H24N2O4S. The predicted octanol–water partition coefficient (Wildman–Crippen LogP) is 4.06. The molecule has 0 saturated heterocycles. The van der Waals surface area contributed by atoms with Crippen LogP contribution in [0.4, 0.5) is 0 Å². The first kappa shape index (κ1) is 19.4. The van der Waals surface area contributed by atoms with Crippen LogP contribution in [0.2, 0.25) is 0 Å². The van der Waals surface area contributed by atoms with Crippen LogP contribution < -0.4 is 10.1 Å². The molecule has 144 valence electrons. The summed E-state index contributed by atoms with van der Waals surface area (Å²) < 4.78 is 5.13. The van der Waals surface area contributed by atoms with Gasteiger partial charge in [0.15, 0.2) is 6.61 Å². The number of aromatic nitrogens is 1. The number of aliphatic carboxylic acids is 1. The van der Waals surface area contributed by atoms with E-state index in [0.29, 0.717) is 16.5 Å². The van der Waals surface area contributed by atoms with E-state index in [0.717, 1.165) is 16.3 Å². The van der Waals surface area contributed by atoms with Crippen molar-refractivity contribution in [2.45, 2.75) is 51.5 Å². The third-order valence-corrected chi connectivity index (χ3v) is 6.13. The highest BCUT2D eigenvalue weighted by molar-refractivity contribution is 7.13. The van der Waals surface area contributed by atoms with E-state index in [1.54, 1.807) is 12.1 Å². The second-order valence-corrected chi connectivity index (χ2v) is 7.93. The molecule has 1 atom stereocenters. The van der Waals surface area contributed by atoms with E-state index in [2.05, 4.69) is 10.3 Å². The molecule has 1 aromatic carbocycles. The van der Waals surface area contributed by atoms with Crippen LogP contribution in [-0.2, 0) is 4.79 Å². The van der Waals surface area contributed by atoms with E-state index >= 15 is 0 Å². The van der Waals surface area contributed by atoms with E-state index in [4.69, 9.17) is 9.84 Å². The molecule has 0 aliphatic heterocycles. The summed E-state index contributed by atoms with van der Waals surface area (Å²) in [5.41, 5.74) is 1.72. The van der Waals surface area contributed by atoms with Crippen LogP contribution in [0.25, 0.3) is 0 Å². The second-order valence-electron chi connectivity index (χ2n) is 6.89. The number of carboxylic acids is 1. The number of hydrogen-bond acceptors (Lipinski definition) is 5. The van der Waals surface area contributed by atoms with Crippen LogP contribution in [-0.4, -0.2) is 28.6 Å². The largest absolute Gasteiger partial charge is 0.482 e. The Balaban J connectivity index is 1.62. The van der Waals surface area contributed by atoms with Crippen LogP contribution in [0, 0.1) is 6.92 Å². The molecule has 1 aliphatic carbocycles. The number of carboxylic acid groups (broad SMARTS) is 1. The Morgan fingerprint density at radius 3 is 2.59 bits per heavy atom. The zero-order chi connectivity index (χ0) is 19.4. The molecule has 1 aliphatic rings. The first-order chi connectivity index (χ1) is 12.9. The summed E-state index contributed by atoms with van der Waals surface area (Å²) in [6.07, 6.45) is 4.82. The summed E-state index contributed by atoms with van der Waals surface area (Å²) in [6.45, 7) is 3.43. The van der Waals surface area contributed by atoms with Crippen molar-refractivity contribution in [1.82, 2.24) is 10.3 Å². The van der Waals surface area contributed by atoms with Gasteiger partial charge < -0.3 is 15.2 Å². The average molecular weight is 388 g/mol. The Hall–Kier alpha value is -2.41. The molecule has 27 heavy (non-hydrogen) atoms. The number of hydrogen-bond donors (Lipinski definition) is 2. The highest BCUT2D eigenvalue weighted by atomic mass is 32.1. The molecule has 1 heterocycles. The maximum atomic E-state index is 12.7. The zero-order valence-corrected chi connectivity index (χ0v) is 16.3. The molecule has 1 amide bonds. The van der Waals surface area contributed by atoms with Crippen molar-refractivity contribution in [2.75, 3.05) is 6.61 Å². The molecule has 7 heteroatoms. The maximum Gasteiger partial charge on any atom is 0.341 e. The Morgan fingerprint density at radius 2 is 1.96 bits per heavy atom. The van der Waals surface area contributed by atoms with Crippen molar-refractivity contribution in [3.8, 4) is 5.75 Å². The number of benzene rings is 1. The minimum atomic E-state index is -1.02. The van der Waals surface area contributed by atoms with Gasteiger partial charge in [0.05, 0.1) is 16.7 Å². The number of aryl methyl sites for hydroxylation is 1. The summed E-state index contributed by atoms with van der Waals surface area (Å²) in [5.74, 6) is -0.130. The Bertz CT molecular complexity index is 810. The molecule has 2 N–H and O–H groups in total. The Morgan fingerprint density at radius 1 is 1.30 bits per heavy atom. The number of carbonyl (C=O) groups is 2. The van der Waals surface area contributed by atoms with Crippen LogP contribution >= 0.6 is 11.3 Å². The molecule has 0 radical (unpaired) electrons. The molecule has 6 nitrogen and oxygen atoms in total. The van der Waals surface area contributed by atoms with Gasteiger partial charge in [-0.25, -0.2) is 9.78 Å². The van der Waals surface area contributed by atoms with Crippen LogP contribution in [0.3, 0.4) is 0 Å². The maximum absolute atomic E-state index is 12.7. The monoisotopic (exact) mass is 388 g/mol. The van der Waals surface area contributed by atoms with Gasteiger partial charge in [-0.05, 0) is 44.4 Å². The van der Waals surface area contributed by atoms with Gasteiger partial charge in [0.2, 0.25) is 0 Å². The molecule has 0 bridgehead atoms. The van der Waals surface area contributed by atoms with Gasteiger partial charge in [-0.2, -0.15) is 0 Å². The Labute approximate surface area is 162 Å². The fraction of sp³-hybridized carbons (Fsp3) is 0.450. The van der Waals surface area contributed by atoms with Gasteiger partial charge >= 0.3 is 5.97 Å². The van der Waals surface area contributed by atoms with Gasteiger partial charge in [-0.1, -0.05) is 25.0 Å². The van der Waals surface area contributed by atoms with E-state index in [1.807, 2.05) is 26.0 Å². The summed E-state index contributed by atoms with van der Waals surface area (Å²) in [4.78, 5) is 28.6. The summed E-state index contributed by atoms with van der Waals surface area (Å²) in [6, 6.07) is 6.88. The van der Waals surface area contributed by atoms with Crippen molar-refractivity contribution in [3.63, 3.8) is 0 Å². The lowest BCUT2D eigenvalue weighted by molar-refractivity contribution is -0.139. The Kier molecular flexibility index (Phi) is 6.11. The van der Waals surface area contributed by atoms with E-state index in [1.165, 1.54) is 37.0 Å². The van der Waals surface area contributed by atoms with Crippen LogP contribution in [0.15, 0.2) is 24.3 Å². The SMILES string of the molecule is Cc1nc(C2CCCC2)sc1C(=O)NC(C)c1ccc(OCC(=O)O)cc1. The lowest BCUT2D eigenvalue weighted by atomic mass is 10.1. The van der Waals surface area contributed by atoms with Crippen molar-refractivity contribution in [3.05, 3.63) is 45.4 Å². The van der Waals surface area contributed by atoms with Crippen molar-refractivity contribution in [1.29, 1.82) is 0 Å². The topological polar surface area (TPSA) is 88.5 Å². The molecule has 1 saturated carbocycles. The van der Waals surface area contributed by atoms with Crippen molar-refractivity contribution in [2.24, 2.45) is 0 Å². The minimum absolute atomic E-state index is 0.104. The molecule has 3 rings (SSSR count). The van der Waals surface area contributed by atoms with Crippen molar-refractivity contribution < 1.29 is 19.4 Å². The van der Waals surface area contributed by atoms with E-state index in [-0.39, 0.29) is 18.6 Å². The lowest BCUT2D eigenvalue weighted by Crippen LogP contribution is -2.26. The van der Waals surface area contributed by atoms with E-state index in [9.17, 15) is 9.59 Å². The predicted molar refractivity (Wildman–Crippen MR) is 104 cm³/mol. The standard InChI is InChI=1S/C20H24N2O4S/c1-12(14-7-9-16(10-8-14)26-11-17(23)24)21-19(25)18-13(2)22-20(27-18)15-5-3-4-6-15/h7-10,12,15H,3-6,11H2,1-2H3,(H,21,25)(H,23,24). The molecule has 1 aromatic heterocycles. The quantitative estimate of drug-likeness (QED) is 0.747. The van der Waals surface area contributed by atoms with Gasteiger partial charge in [-0.3, -0.25) is 4.79 Å². The normalized spacial score (nSPS) is 15.5. The third kappa shape index (κ3) is 4.86. The molecule has 2 aromatic rings. The average Bonchev–Trinajstić information content (AvgIpc) is 3.29. The van der Waals surface area contributed by atoms with Gasteiger partial charge in [0, 0.05) is 5.92 Å². The first-order valence-corrected chi connectivity index (χ1v) is 9.98. The molecule has 0 spiro atoms. The van der Waals surface area contributed by atoms with Crippen LogP contribution in [0.5, 0.6) is 5.75 Å². The second kappa shape index (κ2) is 8.52. The van der Waals surface area contributed by atoms with Gasteiger partial charge in [0.25, 0.3) is 5.91 Å². The molecular weight excluding hydrogens is 364 g/mol. The minimum Gasteiger partial charge on any atom is -0.482 e. The zero-order valence-electron chi connectivity index (χ0n) is 15.5. The number of amides is 1. The smallest absolute Gasteiger partial charge is 0.341 e. The number of ether oxygens (including phenoxy) is 1. The number of rotatable bonds is 7. The van der Waals surface area contributed by atoms with Gasteiger partial charge in [0.1, 0.15) is 10.6 Å². The number of nitrogens with zero attached hydrogens (tertiary/aromatic N) is 1. The molecule has 1 fully saturated rings. The fourth-order valence-electron chi connectivity index (χ4n) is 3.32. The molecule has 1 unspecified atom stereocenters. The van der Waals surface area contributed by atoms with Crippen molar-refractivity contribution >= 4 is 23.2 Å². The summed E-state index contributed by atoms with van der Waals surface area (Å²) in [7, 11) is 0. The van der Waals surface area contributed by atoms with E-state index < -0.39 is 5.97 Å². The first-order valence-electron chi connectivity index (χ1n) is 9.16. The van der Waals surface area contributed by atoms with Gasteiger partial charge in [-0.15, -0.1) is 11.3 Å². The fourth-order valence-corrected chi connectivity index (χ4v) is 4.46. The number of nitrogens with one attached hydrogen (secondary N) is 1. The summed E-state index contributed by atoms with van der Waals surface area (Å²) in [5, 5.41) is 12.8. The highest BCUT2D eigenvalue weighted by Crippen LogP contribution is 2.37. The number of thiazole rings is 1. The third-order valence-electron chi connectivity index (χ3n) is 4.81.